The second-order valence-electron chi connectivity index (χ2n) is 4.41. The van der Waals surface area contributed by atoms with Gasteiger partial charge >= 0.3 is 0 Å². The molecule has 4 rings (SSSR count). The largest absolute Gasteiger partial charge is 0.361 e. The third-order valence-electron chi connectivity index (χ3n) is 3.20. The monoisotopic (exact) mass is 297 g/mol. The van der Waals surface area contributed by atoms with Crippen LogP contribution in [0.15, 0.2) is 47.0 Å². The van der Waals surface area contributed by atoms with Gasteiger partial charge in [-0.3, -0.25) is 0 Å². The van der Waals surface area contributed by atoms with Crippen LogP contribution in [-0.2, 0) is 0 Å². The van der Waals surface area contributed by atoms with Gasteiger partial charge in [0.05, 0.1) is 6.21 Å². The Kier molecular flexibility index (Phi) is 2.74. The summed E-state index contributed by atoms with van der Waals surface area (Å²) in [6, 6.07) is 8.09. The topological polar surface area (TPSA) is 76.2 Å². The van der Waals surface area contributed by atoms with E-state index in [9.17, 15) is 0 Å². The Morgan fingerprint density at radius 1 is 1.29 bits per heavy atom. The Bertz CT molecular complexity index is 946. The lowest BCUT2D eigenvalue weighted by Crippen LogP contribution is -1.90. The minimum Gasteiger partial charge on any atom is -0.361 e. The molecular formula is C13H11N7S. The molecule has 0 fully saturated rings. The molecule has 0 aliphatic heterocycles. The first kappa shape index (κ1) is 12.2. The van der Waals surface area contributed by atoms with E-state index in [4.69, 9.17) is 0 Å². The third-order valence-corrected chi connectivity index (χ3v) is 3.82. The maximum Gasteiger partial charge on any atom is 0.275 e. The van der Waals surface area contributed by atoms with Crippen molar-refractivity contribution in [2.75, 3.05) is 6.26 Å². The summed E-state index contributed by atoms with van der Waals surface area (Å²) < 4.78 is 3.27. The molecule has 0 saturated heterocycles. The Hall–Kier alpha value is -2.61. The van der Waals surface area contributed by atoms with E-state index in [1.54, 1.807) is 21.7 Å². The Balaban J connectivity index is 1.75. The molecule has 4 aromatic rings. The lowest BCUT2D eigenvalue weighted by atomic mass is 10.2. The van der Waals surface area contributed by atoms with Gasteiger partial charge in [0.2, 0.25) is 5.16 Å². The smallest absolute Gasteiger partial charge is 0.275 e. The van der Waals surface area contributed by atoms with Crippen molar-refractivity contribution in [1.29, 1.82) is 0 Å². The summed E-state index contributed by atoms with van der Waals surface area (Å²) in [6.07, 6.45) is 7.27. The second kappa shape index (κ2) is 4.74. The summed E-state index contributed by atoms with van der Waals surface area (Å²) in [5, 5.41) is 18.6. The number of aromatic amines is 1. The van der Waals surface area contributed by atoms with E-state index in [1.165, 1.54) is 11.8 Å². The number of fused-ring (bicyclic) bond motifs is 2. The van der Waals surface area contributed by atoms with Crippen LogP contribution in [0.3, 0.4) is 0 Å². The van der Waals surface area contributed by atoms with Crippen LogP contribution in [-0.4, -0.2) is 41.9 Å². The number of hydrogen-bond acceptors (Lipinski definition) is 5. The fraction of sp³-hybridized carbons (Fsp3) is 0.0769. The fourth-order valence-electron chi connectivity index (χ4n) is 2.19. The van der Waals surface area contributed by atoms with Crippen LogP contribution < -0.4 is 0 Å². The number of rotatable bonds is 3. The molecule has 0 radical (unpaired) electrons. The second-order valence-corrected chi connectivity index (χ2v) is 5.18. The highest BCUT2D eigenvalue weighted by Gasteiger charge is 2.09. The number of benzene rings is 1. The van der Waals surface area contributed by atoms with E-state index in [0.717, 1.165) is 21.6 Å². The summed E-state index contributed by atoms with van der Waals surface area (Å²) in [5.74, 6) is 0.593. The van der Waals surface area contributed by atoms with E-state index in [2.05, 4.69) is 31.4 Å². The van der Waals surface area contributed by atoms with Gasteiger partial charge in [0.15, 0.2) is 0 Å². The van der Waals surface area contributed by atoms with E-state index in [1.807, 2.05) is 30.7 Å². The summed E-state index contributed by atoms with van der Waals surface area (Å²) in [4.78, 5) is 3.22. The zero-order valence-electron chi connectivity index (χ0n) is 11.1. The van der Waals surface area contributed by atoms with Crippen molar-refractivity contribution >= 4 is 34.7 Å². The fourth-order valence-corrected chi connectivity index (χ4v) is 2.61. The molecular weight excluding hydrogens is 286 g/mol. The number of nitrogens with one attached hydrogen (secondary N) is 1. The number of para-hydroxylation sites is 1. The van der Waals surface area contributed by atoms with E-state index < -0.39 is 0 Å². The van der Waals surface area contributed by atoms with Gasteiger partial charge in [-0.25, -0.2) is 0 Å². The number of thioether (sulfide) groups is 1. The summed E-state index contributed by atoms with van der Waals surface area (Å²) in [6.45, 7) is 0. The van der Waals surface area contributed by atoms with Crippen molar-refractivity contribution in [3.05, 3.63) is 42.4 Å². The molecule has 0 bridgehead atoms. The molecule has 8 heteroatoms. The minimum atomic E-state index is 0.593. The summed E-state index contributed by atoms with van der Waals surface area (Å²) >= 11 is 1.49. The molecule has 7 nitrogen and oxygen atoms in total. The van der Waals surface area contributed by atoms with Gasteiger partial charge < -0.3 is 4.98 Å². The van der Waals surface area contributed by atoms with Gasteiger partial charge in [0, 0.05) is 22.7 Å². The molecule has 0 amide bonds. The zero-order chi connectivity index (χ0) is 14.2. The van der Waals surface area contributed by atoms with Crippen molar-refractivity contribution in [3.8, 4) is 0 Å². The third kappa shape index (κ3) is 1.91. The molecule has 0 aliphatic rings. The molecule has 3 heterocycles. The standard InChI is InChI=1S/C13H11N7S/c1-21-13-18-17-12-19(8-16-20(12)13)15-7-9-6-14-11-5-3-2-4-10(9)11/h2-8,14H,1H3/b15-7-. The predicted molar refractivity (Wildman–Crippen MR) is 81.8 cm³/mol. The number of H-pyrrole nitrogens is 1. The Morgan fingerprint density at radius 2 is 2.19 bits per heavy atom. The van der Waals surface area contributed by atoms with Crippen molar-refractivity contribution in [2.45, 2.75) is 5.16 Å². The van der Waals surface area contributed by atoms with Gasteiger partial charge in [-0.05, 0) is 12.3 Å². The van der Waals surface area contributed by atoms with Crippen LogP contribution in [0.1, 0.15) is 5.56 Å². The van der Waals surface area contributed by atoms with Gasteiger partial charge in [-0.15, -0.1) is 10.2 Å². The van der Waals surface area contributed by atoms with Crippen molar-refractivity contribution in [3.63, 3.8) is 0 Å². The lowest BCUT2D eigenvalue weighted by Gasteiger charge is -1.92. The van der Waals surface area contributed by atoms with Crippen LogP contribution in [0, 0.1) is 0 Å². The first-order valence-electron chi connectivity index (χ1n) is 6.30. The molecule has 21 heavy (non-hydrogen) atoms. The average Bonchev–Trinajstić information content (AvgIpc) is 3.20. The van der Waals surface area contributed by atoms with E-state index in [-0.39, 0.29) is 0 Å². The average molecular weight is 297 g/mol. The first-order chi connectivity index (χ1) is 10.4. The molecule has 0 spiro atoms. The van der Waals surface area contributed by atoms with E-state index in [0.29, 0.717) is 5.78 Å². The van der Waals surface area contributed by atoms with Crippen LogP contribution in [0.5, 0.6) is 0 Å². The SMILES string of the molecule is CSc1nnc2n(/N=C\c3c[nH]c4ccccc34)cnn12. The van der Waals surface area contributed by atoms with Crippen LogP contribution in [0.2, 0.25) is 0 Å². The quantitative estimate of drug-likeness (QED) is 0.463. The molecule has 3 aromatic heterocycles. The van der Waals surface area contributed by atoms with Crippen LogP contribution >= 0.6 is 11.8 Å². The minimum absolute atomic E-state index is 0.593. The Morgan fingerprint density at radius 3 is 3.10 bits per heavy atom. The highest BCUT2D eigenvalue weighted by Crippen LogP contribution is 2.16. The van der Waals surface area contributed by atoms with Crippen molar-refractivity contribution in [1.82, 2.24) is 29.5 Å². The lowest BCUT2D eigenvalue weighted by molar-refractivity contribution is 0.817. The maximum absolute atomic E-state index is 4.41. The predicted octanol–water partition coefficient (Wildman–Crippen LogP) is 2.01. The maximum atomic E-state index is 4.41. The molecule has 0 unspecified atom stereocenters. The molecule has 104 valence electrons. The molecule has 0 aliphatic carbocycles. The van der Waals surface area contributed by atoms with Crippen LogP contribution in [0.4, 0.5) is 0 Å². The van der Waals surface area contributed by atoms with Gasteiger partial charge in [-0.2, -0.15) is 19.4 Å². The molecule has 0 saturated carbocycles. The highest BCUT2D eigenvalue weighted by atomic mass is 32.2. The zero-order valence-corrected chi connectivity index (χ0v) is 11.9. The number of aromatic nitrogens is 6. The molecule has 0 atom stereocenters. The van der Waals surface area contributed by atoms with Crippen LogP contribution in [0.25, 0.3) is 16.7 Å². The van der Waals surface area contributed by atoms with Crippen molar-refractivity contribution in [2.24, 2.45) is 5.10 Å². The van der Waals surface area contributed by atoms with Gasteiger partial charge in [-0.1, -0.05) is 30.0 Å². The Labute approximate surface area is 123 Å². The van der Waals surface area contributed by atoms with Gasteiger partial charge in [0.1, 0.15) is 6.33 Å². The summed E-state index contributed by atoms with van der Waals surface area (Å²) in [5.41, 5.74) is 2.10. The van der Waals surface area contributed by atoms with Crippen molar-refractivity contribution < 1.29 is 0 Å². The number of nitrogens with zero attached hydrogens (tertiary/aromatic N) is 6. The highest BCUT2D eigenvalue weighted by molar-refractivity contribution is 7.98. The van der Waals surface area contributed by atoms with Gasteiger partial charge in [0.25, 0.3) is 5.78 Å². The van der Waals surface area contributed by atoms with E-state index >= 15 is 0 Å². The normalized spacial score (nSPS) is 12.0. The summed E-state index contributed by atoms with van der Waals surface area (Å²) in [7, 11) is 0. The molecule has 1 aromatic carbocycles. The first-order valence-corrected chi connectivity index (χ1v) is 7.52. The number of hydrogen-bond donors (Lipinski definition) is 1. The molecule has 1 N–H and O–H groups in total.